The zero-order valence-corrected chi connectivity index (χ0v) is 33.6. The van der Waals surface area contributed by atoms with E-state index in [2.05, 4.69) is 15.4 Å². The Bertz CT molecular complexity index is 2060. The van der Waals surface area contributed by atoms with E-state index in [1.54, 1.807) is 25.0 Å². The number of sulfonamides is 1. The lowest BCUT2D eigenvalue weighted by atomic mass is 10.0. The Labute approximate surface area is 333 Å². The summed E-state index contributed by atoms with van der Waals surface area (Å²) in [5.74, 6) is -0.667. The van der Waals surface area contributed by atoms with Crippen LogP contribution < -0.4 is 24.8 Å². The van der Waals surface area contributed by atoms with Gasteiger partial charge in [-0.15, -0.1) is 0 Å². The number of alkyl carbamates (subject to hydrolysis) is 1. The molecule has 0 radical (unpaired) electrons. The Hall–Kier alpha value is -4.47. The molecule has 2 aromatic rings. The van der Waals surface area contributed by atoms with Crippen LogP contribution in [0, 0.1) is 11.8 Å². The van der Waals surface area contributed by atoms with Crippen LogP contribution in [0.4, 0.5) is 4.79 Å². The fourth-order valence-corrected chi connectivity index (χ4v) is 9.97. The molecule has 57 heavy (non-hydrogen) atoms. The number of amides is 4. The predicted octanol–water partition coefficient (Wildman–Crippen LogP) is 4.37. The van der Waals surface area contributed by atoms with Crippen LogP contribution in [-0.2, 0) is 35.6 Å². The molecule has 3 bridgehead atoms. The number of hydrogen-bond acceptors (Lipinski definition) is 11. The van der Waals surface area contributed by atoms with Crippen molar-refractivity contribution < 1.29 is 41.8 Å². The zero-order valence-electron chi connectivity index (χ0n) is 32.8. The van der Waals surface area contributed by atoms with Crippen molar-refractivity contribution in [2.45, 2.75) is 144 Å². The van der Waals surface area contributed by atoms with Crippen LogP contribution in [0.25, 0.3) is 11.0 Å². The SMILES string of the molecule is COc1ccc2nc3c(nc2c1)OC1CC2CC(=O)NC4(C(=O)NS(=O)(=O)C5(C)CC5)CC4C=CCCCCCC(NC(=O)OC4CC4CCCCC3)C(=O)N2C1. The van der Waals surface area contributed by atoms with Crippen molar-refractivity contribution in [3.63, 3.8) is 0 Å². The van der Waals surface area contributed by atoms with E-state index in [1.807, 2.05) is 24.3 Å². The van der Waals surface area contributed by atoms with Gasteiger partial charge in [-0.05, 0) is 89.2 Å². The van der Waals surface area contributed by atoms with E-state index in [1.165, 1.54) is 0 Å². The number of carbonyl (C=O) groups excluding carboxylic acids is 4. The number of benzene rings is 1. The molecular weight excluding hydrogens is 753 g/mol. The van der Waals surface area contributed by atoms with E-state index in [0.717, 1.165) is 44.9 Å². The second-order valence-corrected chi connectivity index (χ2v) is 19.4. The van der Waals surface area contributed by atoms with Crippen LogP contribution >= 0.6 is 0 Å². The number of allylic oxidation sites excluding steroid dienone is 1. The van der Waals surface area contributed by atoms with E-state index in [-0.39, 0.29) is 43.7 Å². The largest absolute Gasteiger partial charge is 0.497 e. The third-order valence-corrected chi connectivity index (χ3v) is 15.0. The minimum absolute atomic E-state index is 0.125. The smallest absolute Gasteiger partial charge is 0.408 e. The normalized spacial score (nSPS) is 31.8. The molecule has 3 aliphatic carbocycles. The lowest BCUT2D eigenvalue weighted by molar-refractivity contribution is -0.136. The molecule has 4 amide bonds. The molecule has 4 fully saturated rings. The monoisotopic (exact) mass is 806 g/mol. The maximum absolute atomic E-state index is 14.6. The molecule has 308 valence electrons. The maximum atomic E-state index is 14.6. The van der Waals surface area contributed by atoms with E-state index >= 15 is 0 Å². The van der Waals surface area contributed by atoms with Crippen LogP contribution in [0.3, 0.4) is 0 Å². The maximum Gasteiger partial charge on any atom is 0.408 e. The molecule has 0 spiro atoms. The van der Waals surface area contributed by atoms with Gasteiger partial charge in [0.1, 0.15) is 35.2 Å². The van der Waals surface area contributed by atoms with Crippen molar-refractivity contribution >= 4 is 44.9 Å². The average Bonchev–Trinajstić information content (AvgIpc) is 4.13. The van der Waals surface area contributed by atoms with E-state index in [4.69, 9.17) is 24.2 Å². The van der Waals surface area contributed by atoms with Gasteiger partial charge >= 0.3 is 6.09 Å². The van der Waals surface area contributed by atoms with Gasteiger partial charge in [-0.1, -0.05) is 37.8 Å². The highest BCUT2D eigenvalue weighted by atomic mass is 32.2. The summed E-state index contributed by atoms with van der Waals surface area (Å²) in [6, 6.07) is 3.97. The summed E-state index contributed by atoms with van der Waals surface area (Å²) >= 11 is 0. The fraction of sp³-hybridized carbons (Fsp3) is 0.659. The Kier molecular flexibility index (Phi) is 10.8. The molecule has 6 aliphatic rings. The van der Waals surface area contributed by atoms with E-state index in [9.17, 15) is 27.6 Å². The summed E-state index contributed by atoms with van der Waals surface area (Å²) in [6.07, 6.45) is 12.3. The van der Waals surface area contributed by atoms with Crippen molar-refractivity contribution in [2.75, 3.05) is 13.7 Å². The van der Waals surface area contributed by atoms with Gasteiger partial charge < -0.3 is 29.7 Å². The molecule has 7 unspecified atom stereocenters. The number of fused-ring (bicyclic) bond motifs is 6. The average molecular weight is 807 g/mol. The van der Waals surface area contributed by atoms with E-state index < -0.39 is 56.4 Å². The molecule has 1 saturated heterocycles. The van der Waals surface area contributed by atoms with Crippen LogP contribution in [-0.4, -0.2) is 95.3 Å². The van der Waals surface area contributed by atoms with Crippen molar-refractivity contribution in [3.8, 4) is 11.6 Å². The van der Waals surface area contributed by atoms with Gasteiger partial charge in [-0.2, -0.15) is 0 Å². The van der Waals surface area contributed by atoms with Crippen LogP contribution in [0.5, 0.6) is 11.6 Å². The van der Waals surface area contributed by atoms with Crippen LogP contribution in [0.15, 0.2) is 30.4 Å². The summed E-state index contributed by atoms with van der Waals surface area (Å²) in [4.78, 5) is 67.1. The molecule has 4 heterocycles. The minimum atomic E-state index is -3.95. The standard InChI is InChI=1S/C41H54N6O9S/c1-40(17-18-40)57(52,53)46-38(50)41-23-26(41)12-8-4-3-5-9-14-32-37(49)47-24-29(20-27(47)21-35(48)45-41)55-36-31(42-30-16-15-28(54-2)22-33(30)43-36)13-10-6-7-11-25-19-34(25)56-39(51)44-32/h8,12,15-16,22,25-27,29,32,34H,3-7,9-11,13-14,17-21,23-24H2,1-2H3,(H,44,51)(H,45,48)(H,46,50). The number of aryl methyl sites for hydroxylation is 1. The number of carbonyl (C=O) groups is 4. The van der Waals surface area contributed by atoms with Gasteiger partial charge in [0.15, 0.2) is 0 Å². The first-order valence-electron chi connectivity index (χ1n) is 20.7. The number of nitrogens with one attached hydrogen (secondary N) is 3. The molecule has 15 nitrogen and oxygen atoms in total. The Balaban J connectivity index is 1.10. The lowest BCUT2D eigenvalue weighted by Gasteiger charge is -2.29. The molecule has 3 aliphatic heterocycles. The molecule has 3 saturated carbocycles. The van der Waals surface area contributed by atoms with Crippen LogP contribution in [0.2, 0.25) is 0 Å². The number of nitrogens with zero attached hydrogens (tertiary/aromatic N) is 3. The predicted molar refractivity (Wildman–Crippen MR) is 209 cm³/mol. The summed E-state index contributed by atoms with van der Waals surface area (Å²) in [7, 11) is -2.36. The van der Waals surface area contributed by atoms with Gasteiger partial charge in [0.25, 0.3) is 5.91 Å². The summed E-state index contributed by atoms with van der Waals surface area (Å²) < 4.78 is 45.4. The quantitative estimate of drug-likeness (QED) is 0.372. The Morgan fingerprint density at radius 1 is 1.00 bits per heavy atom. The van der Waals surface area contributed by atoms with Crippen molar-refractivity contribution in [2.24, 2.45) is 11.8 Å². The molecule has 1 aromatic heterocycles. The highest BCUT2D eigenvalue weighted by molar-refractivity contribution is 7.91. The summed E-state index contributed by atoms with van der Waals surface area (Å²) in [5, 5.41) is 5.79. The third-order valence-electron chi connectivity index (χ3n) is 12.8. The van der Waals surface area contributed by atoms with Crippen LogP contribution in [0.1, 0.15) is 109 Å². The van der Waals surface area contributed by atoms with Crippen molar-refractivity contribution in [1.29, 1.82) is 0 Å². The molecule has 16 heteroatoms. The Morgan fingerprint density at radius 2 is 1.81 bits per heavy atom. The number of rotatable bonds is 4. The Morgan fingerprint density at radius 3 is 2.61 bits per heavy atom. The second-order valence-electron chi connectivity index (χ2n) is 17.2. The number of aromatic nitrogens is 2. The highest BCUT2D eigenvalue weighted by Crippen LogP contribution is 2.47. The molecule has 8 rings (SSSR count). The van der Waals surface area contributed by atoms with Gasteiger partial charge in [0, 0.05) is 30.9 Å². The fourth-order valence-electron chi connectivity index (χ4n) is 8.66. The van der Waals surface area contributed by atoms with Crippen molar-refractivity contribution in [3.05, 3.63) is 36.0 Å². The lowest BCUT2D eigenvalue weighted by Crippen LogP contribution is -2.55. The van der Waals surface area contributed by atoms with Gasteiger partial charge in [-0.25, -0.2) is 23.2 Å². The molecule has 1 aromatic carbocycles. The molecule has 7 atom stereocenters. The summed E-state index contributed by atoms with van der Waals surface area (Å²) in [5.41, 5.74) is 0.600. The highest BCUT2D eigenvalue weighted by Gasteiger charge is 2.62. The second kappa shape index (κ2) is 15.7. The van der Waals surface area contributed by atoms with E-state index in [0.29, 0.717) is 72.8 Å². The first kappa shape index (κ1) is 39.4. The molecule has 3 N–H and O–H groups in total. The number of hydrogen-bond donors (Lipinski definition) is 3. The van der Waals surface area contributed by atoms with Gasteiger partial charge in [-0.3, -0.25) is 19.1 Å². The molecular formula is C41H54N6O9S. The van der Waals surface area contributed by atoms with Crippen molar-refractivity contribution in [1.82, 2.24) is 30.2 Å². The number of methoxy groups -OCH3 is 1. The topological polar surface area (TPSA) is 195 Å². The zero-order chi connectivity index (χ0) is 40.0. The third kappa shape index (κ3) is 8.56. The minimum Gasteiger partial charge on any atom is -0.497 e. The number of ether oxygens (including phenoxy) is 3. The first-order chi connectivity index (χ1) is 27.4. The summed E-state index contributed by atoms with van der Waals surface area (Å²) in [6.45, 7) is 1.73. The van der Waals surface area contributed by atoms with Gasteiger partial charge in [0.05, 0.1) is 29.4 Å². The van der Waals surface area contributed by atoms with Gasteiger partial charge in [0.2, 0.25) is 27.7 Å². The first-order valence-corrected chi connectivity index (χ1v) is 22.2.